The van der Waals surface area contributed by atoms with E-state index in [0.29, 0.717) is 0 Å². The normalized spacial score (nSPS) is 13.6. The number of hydrogen-bond donors (Lipinski definition) is 1. The van der Waals surface area contributed by atoms with Gasteiger partial charge in [-0.05, 0) is 30.9 Å². The first-order valence-corrected chi connectivity index (χ1v) is 10.3. The van der Waals surface area contributed by atoms with Crippen molar-refractivity contribution in [2.45, 2.75) is 44.5 Å². The zero-order valence-corrected chi connectivity index (χ0v) is 13.2. The molecule has 1 nitrogen and oxygen atoms in total. The minimum atomic E-state index is -1.27. The molecule has 1 N–H and O–H groups in total. The first-order valence-electron chi connectivity index (χ1n) is 7.04. The van der Waals surface area contributed by atoms with E-state index in [4.69, 9.17) is 0 Å². The standard InChI is InChI=1S/C17H26OSi/c1-4-14-19(2,3)15-8-11-17(18)13-12-16-9-6-5-7-10-16/h4-10,15,17-18H,1,11-14H2,2-3H3/b15-8+. The second-order valence-corrected chi connectivity index (χ2v) is 10.5. The number of hydrogen-bond acceptors (Lipinski definition) is 1. The first kappa shape index (κ1) is 15.9. The van der Waals surface area contributed by atoms with E-state index in [1.807, 2.05) is 24.3 Å². The van der Waals surface area contributed by atoms with Crippen LogP contribution in [0.1, 0.15) is 18.4 Å². The molecule has 1 rings (SSSR count). The molecule has 0 heterocycles. The Labute approximate surface area is 118 Å². The molecule has 0 bridgehead atoms. The van der Waals surface area contributed by atoms with Crippen molar-refractivity contribution in [2.24, 2.45) is 0 Å². The molecule has 0 aliphatic heterocycles. The van der Waals surface area contributed by atoms with Gasteiger partial charge in [0.15, 0.2) is 0 Å². The van der Waals surface area contributed by atoms with Crippen LogP contribution in [-0.4, -0.2) is 19.3 Å². The van der Waals surface area contributed by atoms with E-state index in [-0.39, 0.29) is 6.10 Å². The molecule has 0 radical (unpaired) electrons. The summed E-state index contributed by atoms with van der Waals surface area (Å²) in [5.41, 5.74) is 3.62. The van der Waals surface area contributed by atoms with Crippen LogP contribution in [0, 0.1) is 0 Å². The van der Waals surface area contributed by atoms with Crippen molar-refractivity contribution in [3.8, 4) is 0 Å². The molecule has 19 heavy (non-hydrogen) atoms. The number of aliphatic hydroxyl groups excluding tert-OH is 1. The Balaban J connectivity index is 2.30. The summed E-state index contributed by atoms with van der Waals surface area (Å²) in [4.78, 5) is 0. The minimum Gasteiger partial charge on any atom is -0.393 e. The molecule has 0 aromatic heterocycles. The topological polar surface area (TPSA) is 20.2 Å². The lowest BCUT2D eigenvalue weighted by molar-refractivity contribution is 0.168. The van der Waals surface area contributed by atoms with Crippen molar-refractivity contribution in [3.05, 3.63) is 60.3 Å². The van der Waals surface area contributed by atoms with E-state index in [2.05, 4.69) is 43.6 Å². The Morgan fingerprint density at radius 3 is 2.58 bits per heavy atom. The molecule has 0 spiro atoms. The van der Waals surface area contributed by atoms with Crippen LogP contribution < -0.4 is 0 Å². The number of allylic oxidation sites excluding steroid dienone is 1. The van der Waals surface area contributed by atoms with Crippen LogP contribution in [0.3, 0.4) is 0 Å². The van der Waals surface area contributed by atoms with Gasteiger partial charge in [0.25, 0.3) is 0 Å². The van der Waals surface area contributed by atoms with Crippen LogP contribution >= 0.6 is 0 Å². The average Bonchev–Trinajstić information content (AvgIpc) is 2.37. The third kappa shape index (κ3) is 7.14. The van der Waals surface area contributed by atoms with Crippen LogP contribution in [0.15, 0.2) is 54.8 Å². The zero-order chi connectivity index (χ0) is 14.1. The van der Waals surface area contributed by atoms with Gasteiger partial charge in [-0.15, -0.1) is 6.58 Å². The van der Waals surface area contributed by atoms with Crippen molar-refractivity contribution in [2.75, 3.05) is 0 Å². The van der Waals surface area contributed by atoms with Gasteiger partial charge >= 0.3 is 0 Å². The van der Waals surface area contributed by atoms with Crippen molar-refractivity contribution in [1.82, 2.24) is 0 Å². The van der Waals surface area contributed by atoms with Gasteiger partial charge in [-0.3, -0.25) is 0 Å². The van der Waals surface area contributed by atoms with E-state index in [1.165, 1.54) is 5.56 Å². The van der Waals surface area contributed by atoms with E-state index in [1.54, 1.807) is 0 Å². The predicted octanol–water partition coefficient (Wildman–Crippen LogP) is 4.36. The van der Waals surface area contributed by atoms with Gasteiger partial charge < -0.3 is 5.11 Å². The zero-order valence-electron chi connectivity index (χ0n) is 12.2. The highest BCUT2D eigenvalue weighted by Gasteiger charge is 2.13. The van der Waals surface area contributed by atoms with Crippen LogP contribution in [0.5, 0.6) is 0 Å². The molecule has 2 heteroatoms. The Hall–Kier alpha value is -1.12. The molecule has 0 aliphatic carbocycles. The highest BCUT2D eigenvalue weighted by Crippen LogP contribution is 2.13. The lowest BCUT2D eigenvalue weighted by Crippen LogP contribution is -2.21. The summed E-state index contributed by atoms with van der Waals surface area (Å²) in [7, 11) is -1.27. The second kappa shape index (κ2) is 8.13. The third-order valence-corrected chi connectivity index (χ3v) is 5.74. The van der Waals surface area contributed by atoms with E-state index in [9.17, 15) is 5.11 Å². The van der Waals surface area contributed by atoms with Gasteiger partial charge in [0.1, 0.15) is 0 Å². The molecule has 0 amide bonds. The fraction of sp³-hybridized carbons (Fsp3) is 0.412. The van der Waals surface area contributed by atoms with Crippen molar-refractivity contribution in [3.63, 3.8) is 0 Å². The molecular weight excluding hydrogens is 248 g/mol. The van der Waals surface area contributed by atoms with Gasteiger partial charge in [-0.1, -0.05) is 61.3 Å². The fourth-order valence-corrected chi connectivity index (χ4v) is 3.73. The maximum Gasteiger partial charge on any atom is 0.0750 e. The number of benzene rings is 1. The van der Waals surface area contributed by atoms with Gasteiger partial charge in [-0.2, -0.15) is 0 Å². The Morgan fingerprint density at radius 2 is 1.95 bits per heavy atom. The molecule has 0 saturated carbocycles. The maximum atomic E-state index is 9.98. The number of aliphatic hydroxyl groups is 1. The molecule has 0 aliphatic rings. The SMILES string of the molecule is C=CC[Si](C)(C)/C=C/CC(O)CCc1ccccc1. The molecule has 0 saturated heterocycles. The highest BCUT2D eigenvalue weighted by molar-refractivity contribution is 6.82. The summed E-state index contributed by atoms with van der Waals surface area (Å²) in [6, 6.07) is 11.4. The largest absolute Gasteiger partial charge is 0.393 e. The van der Waals surface area contributed by atoms with Gasteiger partial charge in [0, 0.05) is 0 Å². The summed E-state index contributed by atoms with van der Waals surface area (Å²) < 4.78 is 0. The average molecular weight is 274 g/mol. The minimum absolute atomic E-state index is 0.231. The van der Waals surface area contributed by atoms with Crippen LogP contribution in [0.25, 0.3) is 0 Å². The molecule has 104 valence electrons. The Kier molecular flexibility index (Phi) is 6.82. The lowest BCUT2D eigenvalue weighted by atomic mass is 10.1. The van der Waals surface area contributed by atoms with Crippen molar-refractivity contribution < 1.29 is 5.11 Å². The van der Waals surface area contributed by atoms with Crippen molar-refractivity contribution in [1.29, 1.82) is 0 Å². The van der Waals surface area contributed by atoms with E-state index < -0.39 is 8.07 Å². The maximum absolute atomic E-state index is 9.98. The summed E-state index contributed by atoms with van der Waals surface area (Å²) in [6.45, 7) is 8.45. The Morgan fingerprint density at radius 1 is 1.26 bits per heavy atom. The van der Waals surface area contributed by atoms with Gasteiger partial charge in [-0.25, -0.2) is 0 Å². The first-order chi connectivity index (χ1) is 9.03. The summed E-state index contributed by atoms with van der Waals surface area (Å²) in [5.74, 6) is 0. The molecule has 1 aromatic rings. The Bertz CT molecular complexity index is 395. The van der Waals surface area contributed by atoms with Gasteiger partial charge in [0.05, 0.1) is 14.2 Å². The third-order valence-electron chi connectivity index (χ3n) is 3.26. The molecule has 0 fully saturated rings. The number of rotatable bonds is 8. The number of aryl methyl sites for hydroxylation is 1. The monoisotopic (exact) mass is 274 g/mol. The molecular formula is C17H26OSi. The van der Waals surface area contributed by atoms with Gasteiger partial charge in [0.2, 0.25) is 0 Å². The molecule has 1 unspecified atom stereocenters. The fourth-order valence-electron chi connectivity index (χ4n) is 2.08. The van der Waals surface area contributed by atoms with Crippen LogP contribution in [0.2, 0.25) is 19.1 Å². The molecule has 1 aromatic carbocycles. The lowest BCUT2D eigenvalue weighted by Gasteiger charge is -2.15. The quantitative estimate of drug-likeness (QED) is 0.551. The summed E-state index contributed by atoms with van der Waals surface area (Å²) >= 11 is 0. The predicted molar refractivity (Wildman–Crippen MR) is 87.0 cm³/mol. The van der Waals surface area contributed by atoms with E-state index in [0.717, 1.165) is 25.3 Å². The summed E-state index contributed by atoms with van der Waals surface area (Å²) in [5, 5.41) is 9.98. The second-order valence-electron chi connectivity index (χ2n) is 5.80. The highest BCUT2D eigenvalue weighted by atomic mass is 28.3. The smallest absolute Gasteiger partial charge is 0.0750 e. The van der Waals surface area contributed by atoms with E-state index >= 15 is 0 Å². The van der Waals surface area contributed by atoms with Crippen LogP contribution in [0.4, 0.5) is 0 Å². The van der Waals surface area contributed by atoms with Crippen molar-refractivity contribution >= 4 is 8.07 Å². The van der Waals surface area contributed by atoms with Crippen LogP contribution in [-0.2, 0) is 6.42 Å². The summed E-state index contributed by atoms with van der Waals surface area (Å²) in [6.07, 6.45) is 6.47. The molecule has 1 atom stereocenters.